The summed E-state index contributed by atoms with van der Waals surface area (Å²) in [5, 5.41) is 8.11. The summed E-state index contributed by atoms with van der Waals surface area (Å²) in [4.78, 5) is 31.1. The van der Waals surface area contributed by atoms with Gasteiger partial charge in [0.15, 0.2) is 0 Å². The zero-order chi connectivity index (χ0) is 49.1. The average molecular weight is 963 g/mol. The predicted molar refractivity (Wildman–Crippen MR) is 288 cm³/mol. The molecular weight excluding hydrogens is 895 g/mol. The molecule has 8 nitrogen and oxygen atoms in total. The number of nitrogen functional groups attached to an aromatic ring is 2. The van der Waals surface area contributed by atoms with Crippen LogP contribution < -0.4 is 31.9 Å². The number of nitrogens with zero attached hydrogens (tertiary/aromatic N) is 2. The third kappa shape index (κ3) is 12.9. The minimum absolute atomic E-state index is 0.183. The molecule has 1 atom stereocenters. The van der Waals surface area contributed by atoms with Gasteiger partial charge >= 0.3 is 12.1 Å². The van der Waals surface area contributed by atoms with Crippen molar-refractivity contribution in [2.24, 2.45) is 0 Å². The van der Waals surface area contributed by atoms with Crippen LogP contribution in [0, 0.1) is 6.92 Å². The summed E-state index contributed by atoms with van der Waals surface area (Å²) in [6, 6.07) is 35.1. The van der Waals surface area contributed by atoms with Crippen molar-refractivity contribution in [1.29, 1.82) is 0 Å². The second-order valence-electron chi connectivity index (χ2n) is 17.5. The fourth-order valence-electron chi connectivity index (χ4n) is 8.23. The molecule has 0 heterocycles. The SMILES string of the molecule is CCc1c(N)cc(Cl)c(CC)c1NC(=O)N(Cc1ccc(Cl)cc1)c1ccc(C(C)C)cc1.CCc1c(N)cc(Cl)c(CC)c1NC(=O)N(c1ccc(C(C)C)cc1)[C@@H](C)c1ccc(C)cc1. The molecule has 0 saturated heterocycles. The molecule has 0 spiro atoms. The topological polar surface area (TPSA) is 117 Å². The largest absolute Gasteiger partial charge is 0.398 e. The minimum atomic E-state index is -0.242. The van der Waals surface area contributed by atoms with Gasteiger partial charge in [-0.1, -0.05) is 156 Å². The lowest BCUT2D eigenvalue weighted by molar-refractivity contribution is 0.255. The van der Waals surface area contributed by atoms with Gasteiger partial charge in [0.2, 0.25) is 0 Å². The maximum absolute atomic E-state index is 13.9. The summed E-state index contributed by atoms with van der Waals surface area (Å²) in [6.07, 6.45) is 2.76. The molecule has 6 aromatic rings. The Hall–Kier alpha value is -5.67. The number of carbonyl (C=O) groups excluding carboxylic acids is 2. The molecule has 6 rings (SSSR count). The lowest BCUT2D eigenvalue weighted by Crippen LogP contribution is -2.37. The van der Waals surface area contributed by atoms with Crippen LogP contribution in [0.1, 0.15) is 130 Å². The molecule has 0 unspecified atom stereocenters. The zero-order valence-corrected chi connectivity index (χ0v) is 42.9. The van der Waals surface area contributed by atoms with Gasteiger partial charge in [0.25, 0.3) is 0 Å². The van der Waals surface area contributed by atoms with Crippen molar-refractivity contribution in [2.45, 2.75) is 119 Å². The Kier molecular flexibility index (Phi) is 18.6. The number of rotatable bonds is 14. The van der Waals surface area contributed by atoms with Crippen molar-refractivity contribution in [3.63, 3.8) is 0 Å². The molecule has 0 bridgehead atoms. The van der Waals surface area contributed by atoms with Crippen LogP contribution in [0.4, 0.5) is 43.7 Å². The van der Waals surface area contributed by atoms with Crippen LogP contribution in [-0.4, -0.2) is 12.1 Å². The first-order chi connectivity index (χ1) is 31.9. The number of carbonyl (C=O) groups is 2. The summed E-state index contributed by atoms with van der Waals surface area (Å²) in [6.45, 7) is 21.2. The van der Waals surface area contributed by atoms with Crippen LogP contribution in [0.25, 0.3) is 0 Å². The number of amides is 4. The lowest BCUT2D eigenvalue weighted by Gasteiger charge is -2.31. The normalized spacial score (nSPS) is 11.5. The quantitative estimate of drug-likeness (QED) is 0.0814. The molecule has 67 heavy (non-hydrogen) atoms. The average Bonchev–Trinajstić information content (AvgIpc) is 3.29. The summed E-state index contributed by atoms with van der Waals surface area (Å²) < 4.78 is 0. The molecule has 6 aromatic carbocycles. The molecule has 0 radical (unpaired) electrons. The number of hydrogen-bond donors (Lipinski definition) is 4. The van der Waals surface area contributed by atoms with Crippen molar-refractivity contribution in [3.05, 3.63) is 174 Å². The van der Waals surface area contributed by atoms with Gasteiger partial charge in [-0.2, -0.15) is 0 Å². The highest BCUT2D eigenvalue weighted by molar-refractivity contribution is 6.33. The first-order valence-electron chi connectivity index (χ1n) is 23.3. The number of aryl methyl sites for hydroxylation is 1. The number of halogens is 3. The second kappa shape index (κ2) is 23.9. The number of urea groups is 2. The molecule has 0 aliphatic heterocycles. The Balaban J connectivity index is 0.000000251. The first-order valence-corrected chi connectivity index (χ1v) is 24.4. The third-order valence-electron chi connectivity index (χ3n) is 12.3. The van der Waals surface area contributed by atoms with E-state index in [1.165, 1.54) is 16.7 Å². The van der Waals surface area contributed by atoms with Crippen molar-refractivity contribution in [1.82, 2.24) is 0 Å². The van der Waals surface area contributed by atoms with Crippen LogP contribution in [0.3, 0.4) is 0 Å². The molecule has 0 saturated carbocycles. The highest BCUT2D eigenvalue weighted by Crippen LogP contribution is 2.37. The van der Waals surface area contributed by atoms with E-state index in [4.69, 9.17) is 46.3 Å². The zero-order valence-electron chi connectivity index (χ0n) is 40.7. The number of anilines is 6. The first kappa shape index (κ1) is 52.3. The van der Waals surface area contributed by atoms with Gasteiger partial charge in [-0.25, -0.2) is 9.59 Å². The number of nitrogens with one attached hydrogen (secondary N) is 2. The van der Waals surface area contributed by atoms with E-state index < -0.39 is 0 Å². The van der Waals surface area contributed by atoms with Gasteiger partial charge < -0.3 is 22.1 Å². The Morgan fingerprint density at radius 3 is 1.36 bits per heavy atom. The van der Waals surface area contributed by atoms with E-state index in [9.17, 15) is 9.59 Å². The number of benzene rings is 6. The van der Waals surface area contributed by atoms with Gasteiger partial charge in [-0.05, 0) is 144 Å². The Morgan fingerprint density at radius 1 is 0.537 bits per heavy atom. The van der Waals surface area contributed by atoms with Crippen molar-refractivity contribution in [2.75, 3.05) is 31.9 Å². The van der Waals surface area contributed by atoms with E-state index >= 15 is 0 Å². The smallest absolute Gasteiger partial charge is 0.326 e. The summed E-state index contributed by atoms with van der Waals surface area (Å²) in [7, 11) is 0. The summed E-state index contributed by atoms with van der Waals surface area (Å²) in [5.41, 5.74) is 26.0. The second-order valence-corrected chi connectivity index (χ2v) is 18.7. The molecule has 11 heteroatoms. The van der Waals surface area contributed by atoms with Gasteiger partial charge in [-0.3, -0.25) is 9.80 Å². The van der Waals surface area contributed by atoms with Crippen LogP contribution in [-0.2, 0) is 32.2 Å². The molecule has 0 fully saturated rings. The molecule has 0 aromatic heterocycles. The van der Waals surface area contributed by atoms with E-state index in [0.29, 0.717) is 76.2 Å². The van der Waals surface area contributed by atoms with Crippen LogP contribution in [0.5, 0.6) is 0 Å². The Labute approximate surface area is 414 Å². The Morgan fingerprint density at radius 2 is 0.940 bits per heavy atom. The lowest BCUT2D eigenvalue weighted by atomic mass is 10.00. The highest BCUT2D eigenvalue weighted by Gasteiger charge is 2.27. The maximum Gasteiger partial charge on any atom is 0.326 e. The standard InChI is InChI=1S/C29H36ClN3O.C27H31Cl2N3O/c1-7-24-26(30)17-27(31)25(8-2)28(24)32-29(34)33(20(6)22-11-9-19(5)10-12-22)23-15-13-21(14-16-23)18(3)4;1-5-22-24(29)15-25(30)23(6-2)26(22)31-27(33)32(16-18-7-11-20(28)12-8-18)21-13-9-19(10-14-21)17(3)4/h9-18,20H,7-8,31H2,1-6H3,(H,32,34);7-15,17H,5-6,16,30H2,1-4H3,(H,31,33)/t20-;/m0./s1. The molecule has 0 aliphatic rings. The summed E-state index contributed by atoms with van der Waals surface area (Å²) >= 11 is 19.1. The Bertz CT molecular complexity index is 2560. The van der Waals surface area contributed by atoms with Gasteiger partial charge in [0, 0.05) is 37.8 Å². The highest BCUT2D eigenvalue weighted by atomic mass is 35.5. The van der Waals surface area contributed by atoms with Gasteiger partial charge in [0.05, 0.1) is 24.0 Å². The van der Waals surface area contributed by atoms with E-state index in [0.717, 1.165) is 50.4 Å². The number of hydrogen-bond acceptors (Lipinski definition) is 4. The van der Waals surface area contributed by atoms with E-state index in [1.807, 2.05) is 81.1 Å². The number of nitrogens with two attached hydrogens (primary N) is 2. The third-order valence-corrected chi connectivity index (χ3v) is 13.2. The van der Waals surface area contributed by atoms with Crippen molar-refractivity contribution < 1.29 is 9.59 Å². The molecule has 4 amide bonds. The maximum atomic E-state index is 13.9. The fourth-order valence-corrected chi connectivity index (χ4v) is 9.05. The molecule has 354 valence electrons. The van der Waals surface area contributed by atoms with Gasteiger partial charge in [0.1, 0.15) is 0 Å². The summed E-state index contributed by atoms with van der Waals surface area (Å²) in [5.74, 6) is 0.825. The van der Waals surface area contributed by atoms with Crippen LogP contribution in [0.15, 0.2) is 109 Å². The van der Waals surface area contributed by atoms with E-state index in [-0.39, 0.29) is 18.1 Å². The van der Waals surface area contributed by atoms with Crippen LogP contribution in [0.2, 0.25) is 15.1 Å². The minimum Gasteiger partial charge on any atom is -0.398 e. The monoisotopic (exact) mass is 960 g/mol. The van der Waals surface area contributed by atoms with E-state index in [1.54, 1.807) is 17.0 Å². The van der Waals surface area contributed by atoms with Crippen LogP contribution >= 0.6 is 34.8 Å². The predicted octanol–water partition coefficient (Wildman–Crippen LogP) is 16.3. The molecule has 0 aliphatic carbocycles. The molecule has 6 N–H and O–H groups in total. The van der Waals surface area contributed by atoms with Crippen molar-refractivity contribution in [3.8, 4) is 0 Å². The van der Waals surface area contributed by atoms with E-state index in [2.05, 4.69) is 101 Å². The van der Waals surface area contributed by atoms with Crippen molar-refractivity contribution >= 4 is 81.0 Å². The molecular formula is C56H67Cl3N6O2. The van der Waals surface area contributed by atoms with Gasteiger partial charge in [-0.15, -0.1) is 0 Å². The fraction of sp³-hybridized carbons (Fsp3) is 0.321.